The van der Waals surface area contributed by atoms with E-state index in [4.69, 9.17) is 5.11 Å². The van der Waals surface area contributed by atoms with E-state index in [-0.39, 0.29) is 15.6 Å². The molecule has 5 heteroatoms. The van der Waals surface area contributed by atoms with Crippen molar-refractivity contribution in [2.24, 2.45) is 0 Å². The number of carboxylic acids is 1. The fraction of sp³-hybridized carbons (Fsp3) is 0.125. The van der Waals surface area contributed by atoms with E-state index in [0.29, 0.717) is 6.07 Å². The first-order valence-corrected chi connectivity index (χ1v) is 4.12. The summed E-state index contributed by atoms with van der Waals surface area (Å²) in [5.74, 6) is -3.52. The number of rotatable bonds is 1. The first kappa shape index (κ1) is 10.1. The molecule has 1 aromatic carbocycles. The van der Waals surface area contributed by atoms with Gasteiger partial charge in [-0.25, -0.2) is 13.6 Å². The third-order valence-electron chi connectivity index (χ3n) is 1.64. The van der Waals surface area contributed by atoms with E-state index in [1.165, 1.54) is 6.92 Å². The van der Waals surface area contributed by atoms with E-state index >= 15 is 0 Å². The fourth-order valence-electron chi connectivity index (χ4n) is 0.908. The Bertz CT molecular complexity index is 377. The van der Waals surface area contributed by atoms with Crippen LogP contribution in [0.15, 0.2) is 10.5 Å². The lowest BCUT2D eigenvalue weighted by Gasteiger charge is -2.04. The van der Waals surface area contributed by atoms with E-state index in [2.05, 4.69) is 15.9 Å². The van der Waals surface area contributed by atoms with Gasteiger partial charge in [0, 0.05) is 0 Å². The third-order valence-corrected chi connectivity index (χ3v) is 2.58. The van der Waals surface area contributed by atoms with Crippen LogP contribution in [0.2, 0.25) is 0 Å². The molecule has 0 heterocycles. The molecule has 0 radical (unpaired) electrons. The van der Waals surface area contributed by atoms with Gasteiger partial charge in [0.2, 0.25) is 0 Å². The van der Waals surface area contributed by atoms with Crippen molar-refractivity contribution in [2.45, 2.75) is 6.92 Å². The van der Waals surface area contributed by atoms with Crippen LogP contribution < -0.4 is 0 Å². The summed E-state index contributed by atoms with van der Waals surface area (Å²) in [5.41, 5.74) is -0.0721. The molecule has 0 aromatic heterocycles. The molecule has 0 saturated heterocycles. The van der Waals surface area contributed by atoms with Gasteiger partial charge in [0.1, 0.15) is 0 Å². The van der Waals surface area contributed by atoms with Gasteiger partial charge in [0.25, 0.3) is 0 Å². The predicted octanol–water partition coefficient (Wildman–Crippen LogP) is 2.73. The summed E-state index contributed by atoms with van der Waals surface area (Å²) in [6.07, 6.45) is 0. The Morgan fingerprint density at radius 3 is 2.54 bits per heavy atom. The number of halogens is 3. The van der Waals surface area contributed by atoms with Gasteiger partial charge in [-0.3, -0.25) is 0 Å². The predicted molar refractivity (Wildman–Crippen MR) is 45.8 cm³/mol. The Balaban J connectivity index is 3.50. The standard InChI is InChI=1S/C8H5BrF2O2/c1-3-4(8(12)13)2-5(10)7(11)6(3)9/h2H,1H3,(H,12,13). The van der Waals surface area contributed by atoms with Crippen LogP contribution in [0.25, 0.3) is 0 Å². The quantitative estimate of drug-likeness (QED) is 0.779. The van der Waals surface area contributed by atoms with Crippen molar-refractivity contribution in [3.05, 3.63) is 33.3 Å². The molecule has 13 heavy (non-hydrogen) atoms. The van der Waals surface area contributed by atoms with Crippen LogP contribution in [-0.4, -0.2) is 11.1 Å². The lowest BCUT2D eigenvalue weighted by Crippen LogP contribution is -2.03. The molecular weight excluding hydrogens is 246 g/mol. The minimum atomic E-state index is -1.28. The largest absolute Gasteiger partial charge is 0.478 e. The third kappa shape index (κ3) is 1.70. The van der Waals surface area contributed by atoms with Crippen molar-refractivity contribution in [1.82, 2.24) is 0 Å². The maximum Gasteiger partial charge on any atom is 0.336 e. The highest BCUT2D eigenvalue weighted by molar-refractivity contribution is 9.10. The molecule has 0 atom stereocenters. The van der Waals surface area contributed by atoms with Crippen LogP contribution >= 0.6 is 15.9 Å². The summed E-state index contributed by atoms with van der Waals surface area (Å²) >= 11 is 2.77. The van der Waals surface area contributed by atoms with Crippen molar-refractivity contribution in [3.63, 3.8) is 0 Å². The molecule has 1 rings (SSSR count). The average molecular weight is 251 g/mol. The molecule has 0 bridgehead atoms. The van der Waals surface area contributed by atoms with Crippen molar-refractivity contribution >= 4 is 21.9 Å². The number of aromatic carboxylic acids is 1. The molecule has 0 aliphatic rings. The van der Waals surface area contributed by atoms with E-state index in [9.17, 15) is 13.6 Å². The van der Waals surface area contributed by atoms with E-state index < -0.39 is 17.6 Å². The maximum atomic E-state index is 12.8. The minimum absolute atomic E-state index is 0.148. The molecule has 70 valence electrons. The number of carbonyl (C=O) groups is 1. The Kier molecular flexibility index (Phi) is 2.66. The second-order valence-electron chi connectivity index (χ2n) is 2.46. The number of benzene rings is 1. The number of hydrogen-bond donors (Lipinski definition) is 1. The minimum Gasteiger partial charge on any atom is -0.478 e. The lowest BCUT2D eigenvalue weighted by atomic mass is 10.1. The summed E-state index contributed by atoms with van der Waals surface area (Å²) in [4.78, 5) is 10.5. The monoisotopic (exact) mass is 250 g/mol. The molecule has 0 unspecified atom stereocenters. The van der Waals surface area contributed by atoms with Gasteiger partial charge in [0.15, 0.2) is 11.6 Å². The van der Waals surface area contributed by atoms with Gasteiger partial charge in [0.05, 0.1) is 10.0 Å². The van der Waals surface area contributed by atoms with Crippen LogP contribution in [0.5, 0.6) is 0 Å². The topological polar surface area (TPSA) is 37.3 Å². The highest BCUT2D eigenvalue weighted by atomic mass is 79.9. The van der Waals surface area contributed by atoms with E-state index in [1.807, 2.05) is 0 Å². The first-order chi connectivity index (χ1) is 5.95. The zero-order valence-corrected chi connectivity index (χ0v) is 8.15. The van der Waals surface area contributed by atoms with Crippen LogP contribution in [0.4, 0.5) is 8.78 Å². The van der Waals surface area contributed by atoms with Crippen LogP contribution in [0.1, 0.15) is 15.9 Å². The summed E-state index contributed by atoms with van der Waals surface area (Å²) in [5, 5.41) is 8.60. The smallest absolute Gasteiger partial charge is 0.336 e. The Morgan fingerprint density at radius 2 is 2.08 bits per heavy atom. The Labute approximate surface area is 81.3 Å². The van der Waals surface area contributed by atoms with Crippen molar-refractivity contribution in [3.8, 4) is 0 Å². The van der Waals surface area contributed by atoms with Gasteiger partial charge in [-0.1, -0.05) is 0 Å². The van der Waals surface area contributed by atoms with Gasteiger partial charge in [-0.15, -0.1) is 0 Å². The normalized spacial score (nSPS) is 10.2. The molecule has 0 spiro atoms. The number of hydrogen-bond acceptors (Lipinski definition) is 1. The summed E-state index contributed by atoms with van der Waals surface area (Å²) in [7, 11) is 0. The molecule has 2 nitrogen and oxygen atoms in total. The lowest BCUT2D eigenvalue weighted by molar-refractivity contribution is 0.0695. The highest BCUT2D eigenvalue weighted by Crippen LogP contribution is 2.25. The van der Waals surface area contributed by atoms with Crippen LogP contribution in [0.3, 0.4) is 0 Å². The van der Waals surface area contributed by atoms with Gasteiger partial charge < -0.3 is 5.11 Å². The second kappa shape index (κ2) is 3.41. The summed E-state index contributed by atoms with van der Waals surface area (Å²) in [6.45, 7) is 1.40. The average Bonchev–Trinajstić information content (AvgIpc) is 2.07. The highest BCUT2D eigenvalue weighted by Gasteiger charge is 2.17. The zero-order chi connectivity index (χ0) is 10.2. The van der Waals surface area contributed by atoms with E-state index in [1.54, 1.807) is 0 Å². The molecule has 0 saturated carbocycles. The molecule has 0 aliphatic carbocycles. The molecular formula is C8H5BrF2O2. The maximum absolute atomic E-state index is 12.8. The summed E-state index contributed by atoms with van der Waals surface area (Å²) in [6, 6.07) is 0.664. The molecule has 1 N–H and O–H groups in total. The van der Waals surface area contributed by atoms with E-state index in [0.717, 1.165) is 0 Å². The molecule has 0 amide bonds. The Hall–Kier alpha value is -0.970. The van der Waals surface area contributed by atoms with Crippen molar-refractivity contribution in [1.29, 1.82) is 0 Å². The first-order valence-electron chi connectivity index (χ1n) is 3.32. The van der Waals surface area contributed by atoms with Gasteiger partial charge in [-0.2, -0.15) is 0 Å². The van der Waals surface area contributed by atoms with Gasteiger partial charge in [-0.05, 0) is 34.5 Å². The fourth-order valence-corrected chi connectivity index (χ4v) is 1.31. The molecule has 0 aliphatic heterocycles. The van der Waals surface area contributed by atoms with Crippen LogP contribution in [-0.2, 0) is 0 Å². The molecule has 1 aromatic rings. The second-order valence-corrected chi connectivity index (χ2v) is 3.26. The summed E-state index contributed by atoms with van der Waals surface area (Å²) < 4.78 is 25.4. The number of carboxylic acid groups (broad SMARTS) is 1. The van der Waals surface area contributed by atoms with Crippen molar-refractivity contribution < 1.29 is 18.7 Å². The molecule has 0 fully saturated rings. The Morgan fingerprint density at radius 1 is 1.54 bits per heavy atom. The van der Waals surface area contributed by atoms with Crippen LogP contribution in [0, 0.1) is 18.6 Å². The van der Waals surface area contributed by atoms with Crippen molar-refractivity contribution in [2.75, 3.05) is 0 Å². The SMILES string of the molecule is Cc1c(C(=O)O)cc(F)c(F)c1Br. The van der Waals surface area contributed by atoms with Gasteiger partial charge >= 0.3 is 5.97 Å². The zero-order valence-electron chi connectivity index (χ0n) is 6.57.